The quantitative estimate of drug-likeness (QED) is 0.617. The van der Waals surface area contributed by atoms with Gasteiger partial charge < -0.3 is 5.32 Å². The number of anilines is 1. The lowest BCUT2D eigenvalue weighted by Gasteiger charge is -2.30. The molecule has 2 aromatic carbocycles. The van der Waals surface area contributed by atoms with Crippen LogP contribution in [0, 0.1) is 5.82 Å². The van der Waals surface area contributed by atoms with Crippen molar-refractivity contribution in [2.75, 3.05) is 10.6 Å². The zero-order chi connectivity index (χ0) is 22.7. The Balaban J connectivity index is 2.27. The summed E-state index contributed by atoms with van der Waals surface area (Å²) in [7, 11) is -3.97. The van der Waals surface area contributed by atoms with E-state index < -0.39 is 39.5 Å². The Labute approximate surface area is 176 Å². The first-order valence-electron chi connectivity index (χ1n) is 8.73. The maximum absolute atomic E-state index is 13.5. The van der Waals surface area contributed by atoms with Gasteiger partial charge in [-0.2, -0.15) is 13.2 Å². The monoisotopic (exact) mass is 466 g/mol. The molecule has 30 heavy (non-hydrogen) atoms. The second-order valence-corrected chi connectivity index (χ2v) is 8.76. The van der Waals surface area contributed by atoms with Crippen molar-refractivity contribution < 1.29 is 30.8 Å². The number of benzene rings is 2. The van der Waals surface area contributed by atoms with Crippen LogP contribution in [-0.2, 0) is 27.5 Å². The van der Waals surface area contributed by atoms with E-state index in [1.54, 1.807) is 6.92 Å². The van der Waals surface area contributed by atoms with Gasteiger partial charge in [0.15, 0.2) is 0 Å². The molecule has 0 aromatic heterocycles. The fourth-order valence-corrected chi connectivity index (χ4v) is 4.23. The van der Waals surface area contributed by atoms with Crippen LogP contribution in [0.15, 0.2) is 42.5 Å². The van der Waals surface area contributed by atoms with Crippen LogP contribution in [0.2, 0.25) is 5.02 Å². The summed E-state index contributed by atoms with van der Waals surface area (Å²) >= 11 is 5.74. The highest BCUT2D eigenvalue weighted by Crippen LogP contribution is 2.30. The van der Waals surface area contributed by atoms with Crippen molar-refractivity contribution in [1.82, 2.24) is 5.32 Å². The number of hydrogen-bond donors (Lipinski definition) is 1. The van der Waals surface area contributed by atoms with Crippen LogP contribution in [0.3, 0.4) is 0 Å². The Morgan fingerprint density at radius 2 is 1.87 bits per heavy atom. The molecule has 0 bridgehead atoms. The Bertz CT molecular complexity index is 1030. The van der Waals surface area contributed by atoms with Crippen LogP contribution >= 0.6 is 11.6 Å². The third-order valence-corrected chi connectivity index (χ3v) is 5.68. The number of sulfonamides is 1. The third kappa shape index (κ3) is 5.85. The number of carbonyl (C=O) groups excluding carboxylic acids is 1. The van der Waals surface area contributed by atoms with Crippen LogP contribution in [0.1, 0.15) is 24.5 Å². The summed E-state index contributed by atoms with van der Waals surface area (Å²) in [5.41, 5.74) is -0.672. The van der Waals surface area contributed by atoms with E-state index in [-0.39, 0.29) is 29.2 Å². The van der Waals surface area contributed by atoms with E-state index in [0.29, 0.717) is 0 Å². The fraction of sp³-hybridized carbons (Fsp3) is 0.316. The summed E-state index contributed by atoms with van der Waals surface area (Å²) in [5.74, 6) is -1.48. The minimum absolute atomic E-state index is 0.00929. The average molecular weight is 467 g/mol. The van der Waals surface area contributed by atoms with Gasteiger partial charge in [0, 0.05) is 6.54 Å². The molecular weight excluding hydrogens is 448 g/mol. The van der Waals surface area contributed by atoms with Crippen molar-refractivity contribution in [3.63, 3.8) is 0 Å². The number of rotatable bonds is 7. The Morgan fingerprint density at radius 3 is 2.40 bits per heavy atom. The van der Waals surface area contributed by atoms with E-state index in [9.17, 15) is 30.8 Å². The lowest BCUT2D eigenvalue weighted by molar-refractivity contribution is -0.137. The molecule has 0 saturated heterocycles. The zero-order valence-corrected chi connectivity index (χ0v) is 17.6. The minimum atomic E-state index is -4.53. The molecule has 1 N–H and O–H groups in total. The number of carbonyl (C=O) groups is 1. The van der Waals surface area contributed by atoms with Crippen molar-refractivity contribution >= 4 is 33.2 Å². The molecule has 5 nitrogen and oxygen atoms in total. The van der Waals surface area contributed by atoms with Gasteiger partial charge in [-0.3, -0.25) is 9.10 Å². The van der Waals surface area contributed by atoms with E-state index in [1.165, 1.54) is 18.2 Å². The van der Waals surface area contributed by atoms with E-state index in [1.807, 2.05) is 0 Å². The van der Waals surface area contributed by atoms with Gasteiger partial charge in [-0.05, 0) is 42.3 Å². The van der Waals surface area contributed by atoms with Crippen LogP contribution in [0.25, 0.3) is 0 Å². The number of nitrogens with zero attached hydrogens (tertiary/aromatic N) is 1. The lowest BCUT2D eigenvalue weighted by atomic mass is 10.1. The molecule has 0 heterocycles. The van der Waals surface area contributed by atoms with E-state index in [4.69, 9.17) is 11.6 Å². The van der Waals surface area contributed by atoms with Crippen LogP contribution in [-0.4, -0.2) is 26.6 Å². The molecular formula is C19H19ClF4N2O3S. The summed E-state index contributed by atoms with van der Waals surface area (Å²) in [6, 6.07) is 6.44. The summed E-state index contributed by atoms with van der Waals surface area (Å²) in [6.45, 7) is 1.33. The van der Waals surface area contributed by atoms with Crippen LogP contribution < -0.4 is 9.62 Å². The summed E-state index contributed by atoms with van der Waals surface area (Å²) in [6.07, 6.45) is -3.59. The first kappa shape index (κ1) is 23.9. The third-order valence-electron chi connectivity index (χ3n) is 4.21. The summed E-state index contributed by atoms with van der Waals surface area (Å²) in [5, 5.41) is 2.14. The normalized spacial score (nSPS) is 13.0. The maximum atomic E-state index is 13.5. The van der Waals surface area contributed by atoms with Crippen molar-refractivity contribution in [2.45, 2.75) is 32.1 Å². The average Bonchev–Trinajstić information content (AvgIpc) is 2.65. The van der Waals surface area contributed by atoms with E-state index in [0.717, 1.165) is 34.8 Å². The molecule has 0 saturated carbocycles. The minimum Gasteiger partial charge on any atom is -0.350 e. The smallest absolute Gasteiger partial charge is 0.350 e. The van der Waals surface area contributed by atoms with Crippen molar-refractivity contribution in [3.05, 3.63) is 64.4 Å². The number of amides is 1. The van der Waals surface area contributed by atoms with Gasteiger partial charge in [-0.15, -0.1) is 0 Å². The standard InChI is InChI=1S/C19H19ClF4N2O3S/c1-3-17(26(30(2,28)29)14-7-8-16(21)15(20)10-14)18(27)25-11-12-5-4-6-13(9-12)19(22,23)24/h4-10,17H,3,11H2,1-2H3,(H,25,27). The molecule has 0 fully saturated rings. The molecule has 0 aliphatic rings. The number of alkyl halides is 3. The molecule has 0 spiro atoms. The van der Waals surface area contributed by atoms with Crippen LogP contribution in [0.5, 0.6) is 0 Å². The molecule has 0 aliphatic heterocycles. The predicted molar refractivity (Wildman–Crippen MR) is 106 cm³/mol. The molecule has 2 rings (SSSR count). The highest BCUT2D eigenvalue weighted by Gasteiger charge is 2.32. The van der Waals surface area contributed by atoms with Gasteiger partial charge >= 0.3 is 6.18 Å². The topological polar surface area (TPSA) is 66.5 Å². The summed E-state index contributed by atoms with van der Waals surface area (Å²) < 4.78 is 77.5. The fourth-order valence-electron chi connectivity index (χ4n) is 2.85. The van der Waals surface area contributed by atoms with Crippen molar-refractivity contribution in [2.24, 2.45) is 0 Å². The number of nitrogens with one attached hydrogen (secondary N) is 1. The Morgan fingerprint density at radius 1 is 1.20 bits per heavy atom. The van der Waals surface area contributed by atoms with Gasteiger partial charge in [-0.25, -0.2) is 12.8 Å². The Kier molecular flexibility index (Phi) is 7.36. The van der Waals surface area contributed by atoms with Gasteiger partial charge in [-0.1, -0.05) is 30.7 Å². The van der Waals surface area contributed by atoms with Crippen molar-refractivity contribution in [3.8, 4) is 0 Å². The number of halogens is 5. The zero-order valence-electron chi connectivity index (χ0n) is 16.0. The predicted octanol–water partition coefficient (Wildman–Crippen LogP) is 4.36. The summed E-state index contributed by atoms with van der Waals surface area (Å²) in [4.78, 5) is 12.7. The molecule has 1 amide bonds. The van der Waals surface area contributed by atoms with E-state index >= 15 is 0 Å². The SMILES string of the molecule is CCC(C(=O)NCc1cccc(C(F)(F)F)c1)N(c1ccc(F)c(Cl)c1)S(C)(=O)=O. The van der Waals surface area contributed by atoms with Crippen molar-refractivity contribution in [1.29, 1.82) is 0 Å². The van der Waals surface area contributed by atoms with Gasteiger partial charge in [0.05, 0.1) is 22.5 Å². The molecule has 2 aromatic rings. The maximum Gasteiger partial charge on any atom is 0.416 e. The number of hydrogen-bond acceptors (Lipinski definition) is 3. The Hall–Kier alpha value is -2.33. The second-order valence-electron chi connectivity index (χ2n) is 6.50. The van der Waals surface area contributed by atoms with Gasteiger partial charge in [0.25, 0.3) is 0 Å². The first-order chi connectivity index (χ1) is 13.8. The highest BCUT2D eigenvalue weighted by molar-refractivity contribution is 7.92. The van der Waals surface area contributed by atoms with E-state index in [2.05, 4.69) is 5.32 Å². The molecule has 1 atom stereocenters. The van der Waals surface area contributed by atoms with Gasteiger partial charge in [0.1, 0.15) is 11.9 Å². The molecule has 164 valence electrons. The highest BCUT2D eigenvalue weighted by atomic mass is 35.5. The molecule has 0 aliphatic carbocycles. The molecule has 0 radical (unpaired) electrons. The largest absolute Gasteiger partial charge is 0.416 e. The molecule has 1 unspecified atom stereocenters. The molecule has 11 heteroatoms. The lowest BCUT2D eigenvalue weighted by Crippen LogP contribution is -2.49. The van der Waals surface area contributed by atoms with Crippen LogP contribution in [0.4, 0.5) is 23.2 Å². The van der Waals surface area contributed by atoms with Gasteiger partial charge in [0.2, 0.25) is 15.9 Å². The second kappa shape index (κ2) is 9.22. The first-order valence-corrected chi connectivity index (χ1v) is 11.0.